The van der Waals surface area contributed by atoms with Crippen molar-refractivity contribution < 1.29 is 13.2 Å². The molecule has 0 spiro atoms. The Bertz CT molecular complexity index is 717. The number of hydrogen-bond donors (Lipinski definition) is 2. The van der Waals surface area contributed by atoms with Crippen LogP contribution in [0.1, 0.15) is 101 Å². The summed E-state index contributed by atoms with van der Waals surface area (Å²) in [5.41, 5.74) is 5.45. The lowest BCUT2D eigenvalue weighted by atomic mass is 10.0. The lowest BCUT2D eigenvalue weighted by molar-refractivity contribution is -0.119. The first kappa shape index (κ1) is 25.7. The van der Waals surface area contributed by atoms with E-state index < -0.39 is 21.8 Å². The maximum absolute atomic E-state index is 11.7. The Labute approximate surface area is 179 Å². The molecule has 4 N–H and O–H groups in total. The van der Waals surface area contributed by atoms with E-state index in [9.17, 15) is 13.2 Å². The van der Waals surface area contributed by atoms with Crippen molar-refractivity contribution in [1.82, 2.24) is 10.2 Å². The molecule has 166 valence electrons. The molecule has 7 nitrogen and oxygen atoms in total. The van der Waals surface area contributed by atoms with Gasteiger partial charge in [-0.25, -0.2) is 13.6 Å². The minimum atomic E-state index is -3.90. The van der Waals surface area contributed by atoms with Crippen LogP contribution in [0.2, 0.25) is 0 Å². The van der Waals surface area contributed by atoms with Gasteiger partial charge >= 0.3 is 0 Å². The Balaban J connectivity index is 2.15. The highest BCUT2D eigenvalue weighted by Crippen LogP contribution is 2.27. The molecule has 0 aliphatic carbocycles. The molecule has 1 atom stereocenters. The number of nitrogens with two attached hydrogens (primary N) is 2. The van der Waals surface area contributed by atoms with E-state index in [0.29, 0.717) is 11.4 Å². The quantitative estimate of drug-likeness (QED) is 0.272. The largest absolute Gasteiger partial charge is 0.369 e. The summed E-state index contributed by atoms with van der Waals surface area (Å²) in [6.45, 7) is 2.24. The van der Waals surface area contributed by atoms with Gasteiger partial charge in [-0.05, 0) is 32.1 Å². The first-order valence-electron chi connectivity index (χ1n) is 10.7. The standard InChI is InChI=1S/C20H36N4O3S2/c1-2-3-4-5-6-7-8-9-10-11-12-13-14-15-16-17(18(21)25)19-23-24-20(28-19)29(22,26)27/h9-10,17H,2-8,11-16H2,1H3,(H2,21,25)(H2,22,26,27). The molecule has 1 amide bonds. The molecule has 1 aromatic rings. The zero-order chi connectivity index (χ0) is 21.5. The van der Waals surface area contributed by atoms with Crippen molar-refractivity contribution in [2.75, 3.05) is 0 Å². The minimum absolute atomic E-state index is 0.286. The summed E-state index contributed by atoms with van der Waals surface area (Å²) in [5, 5.41) is 12.7. The second-order valence-corrected chi connectivity index (χ2v) is 10.2. The number of amides is 1. The summed E-state index contributed by atoms with van der Waals surface area (Å²) < 4.78 is 22.3. The fourth-order valence-corrected chi connectivity index (χ4v) is 4.70. The highest BCUT2D eigenvalue weighted by molar-refractivity contribution is 7.91. The second-order valence-electron chi connectivity index (χ2n) is 7.43. The normalized spacial score (nSPS) is 13.2. The average Bonchev–Trinajstić information content (AvgIpc) is 3.15. The third kappa shape index (κ3) is 11.4. The minimum Gasteiger partial charge on any atom is -0.369 e. The molecule has 0 aliphatic rings. The van der Waals surface area contributed by atoms with Crippen molar-refractivity contribution in [3.8, 4) is 0 Å². The van der Waals surface area contributed by atoms with E-state index in [-0.39, 0.29) is 4.34 Å². The van der Waals surface area contributed by atoms with Crippen LogP contribution in [-0.2, 0) is 14.8 Å². The molecule has 9 heteroatoms. The van der Waals surface area contributed by atoms with Crippen molar-refractivity contribution in [2.45, 2.75) is 101 Å². The van der Waals surface area contributed by atoms with Crippen LogP contribution < -0.4 is 10.9 Å². The number of unbranched alkanes of at least 4 members (excludes halogenated alkanes) is 10. The van der Waals surface area contributed by atoms with E-state index in [1.807, 2.05) is 0 Å². The molecule has 0 aliphatic heterocycles. The zero-order valence-electron chi connectivity index (χ0n) is 17.5. The number of sulfonamides is 1. The van der Waals surface area contributed by atoms with Crippen LogP contribution in [0.5, 0.6) is 0 Å². The Morgan fingerprint density at radius 1 is 0.966 bits per heavy atom. The SMILES string of the molecule is CCCCCCCCC=CCCCCCCC(C(N)=O)c1nnc(S(N)(=O)=O)s1. The number of carbonyl (C=O) groups excluding carboxylic acids is 1. The predicted molar refractivity (Wildman–Crippen MR) is 118 cm³/mol. The number of allylic oxidation sites excluding steroid dienone is 2. The van der Waals surface area contributed by atoms with Gasteiger partial charge in [-0.1, -0.05) is 81.8 Å². The predicted octanol–water partition coefficient (Wildman–Crippen LogP) is 4.40. The van der Waals surface area contributed by atoms with Crippen molar-refractivity contribution in [1.29, 1.82) is 0 Å². The van der Waals surface area contributed by atoms with E-state index >= 15 is 0 Å². The first-order chi connectivity index (χ1) is 13.9. The second kappa shape index (κ2) is 14.6. The number of carbonyl (C=O) groups is 1. The molecule has 0 radical (unpaired) electrons. The van der Waals surface area contributed by atoms with Crippen LogP contribution in [0.3, 0.4) is 0 Å². The van der Waals surface area contributed by atoms with Gasteiger partial charge < -0.3 is 5.73 Å². The highest BCUT2D eigenvalue weighted by atomic mass is 32.2. The van der Waals surface area contributed by atoms with Gasteiger partial charge in [0.15, 0.2) is 0 Å². The fourth-order valence-electron chi connectivity index (χ4n) is 3.11. The van der Waals surface area contributed by atoms with Gasteiger partial charge in [-0.2, -0.15) is 0 Å². The van der Waals surface area contributed by atoms with Gasteiger partial charge in [0.25, 0.3) is 10.0 Å². The van der Waals surface area contributed by atoms with E-state index in [4.69, 9.17) is 10.9 Å². The summed E-state index contributed by atoms with van der Waals surface area (Å²) in [6.07, 6.45) is 19.4. The molecule has 1 aromatic heterocycles. The molecule has 0 fully saturated rings. The molecule has 0 saturated heterocycles. The zero-order valence-corrected chi connectivity index (χ0v) is 19.1. The van der Waals surface area contributed by atoms with Gasteiger partial charge in [0.1, 0.15) is 5.01 Å². The smallest absolute Gasteiger partial charge is 0.267 e. The Morgan fingerprint density at radius 2 is 1.52 bits per heavy atom. The molecular formula is C20H36N4O3S2. The molecule has 29 heavy (non-hydrogen) atoms. The van der Waals surface area contributed by atoms with Gasteiger partial charge in [-0.3, -0.25) is 4.79 Å². The van der Waals surface area contributed by atoms with Crippen molar-refractivity contribution in [3.63, 3.8) is 0 Å². The first-order valence-corrected chi connectivity index (χ1v) is 13.0. The van der Waals surface area contributed by atoms with Crippen molar-refractivity contribution >= 4 is 27.3 Å². The summed E-state index contributed by atoms with van der Waals surface area (Å²) in [5.74, 6) is -1.13. The maximum Gasteiger partial charge on any atom is 0.267 e. The summed E-state index contributed by atoms with van der Waals surface area (Å²) in [6, 6.07) is 0. The number of primary sulfonamides is 1. The number of primary amides is 1. The Hall–Kier alpha value is -1.32. The van der Waals surface area contributed by atoms with E-state index in [1.165, 1.54) is 44.9 Å². The lowest BCUT2D eigenvalue weighted by Gasteiger charge is -2.09. The van der Waals surface area contributed by atoms with Crippen molar-refractivity contribution in [2.24, 2.45) is 10.9 Å². The molecular weight excluding hydrogens is 408 g/mol. The molecule has 1 unspecified atom stereocenters. The lowest BCUT2D eigenvalue weighted by Crippen LogP contribution is -2.21. The van der Waals surface area contributed by atoms with Crippen molar-refractivity contribution in [3.05, 3.63) is 17.2 Å². The summed E-state index contributed by atoms with van der Waals surface area (Å²) >= 11 is 0.818. The molecule has 1 heterocycles. The molecule has 0 saturated carbocycles. The van der Waals surface area contributed by atoms with Crippen LogP contribution in [-0.4, -0.2) is 24.5 Å². The highest BCUT2D eigenvalue weighted by Gasteiger charge is 2.24. The monoisotopic (exact) mass is 444 g/mol. The summed E-state index contributed by atoms with van der Waals surface area (Å²) in [4.78, 5) is 11.7. The van der Waals surface area contributed by atoms with Crippen LogP contribution in [0.25, 0.3) is 0 Å². The van der Waals surface area contributed by atoms with Gasteiger partial charge in [-0.15, -0.1) is 10.2 Å². The number of rotatable bonds is 17. The molecule has 0 aromatic carbocycles. The van der Waals surface area contributed by atoms with Crippen LogP contribution in [0.4, 0.5) is 0 Å². The van der Waals surface area contributed by atoms with Crippen LogP contribution >= 0.6 is 11.3 Å². The van der Waals surface area contributed by atoms with E-state index in [2.05, 4.69) is 29.3 Å². The maximum atomic E-state index is 11.7. The van der Waals surface area contributed by atoms with E-state index in [1.54, 1.807) is 0 Å². The number of aromatic nitrogens is 2. The van der Waals surface area contributed by atoms with Gasteiger partial charge in [0.05, 0.1) is 5.92 Å². The fraction of sp³-hybridized carbons (Fsp3) is 0.750. The topological polar surface area (TPSA) is 129 Å². The molecule has 0 bridgehead atoms. The van der Waals surface area contributed by atoms with E-state index in [0.717, 1.165) is 43.4 Å². The van der Waals surface area contributed by atoms with Gasteiger partial charge in [0, 0.05) is 0 Å². The summed E-state index contributed by atoms with van der Waals surface area (Å²) in [7, 11) is -3.90. The number of hydrogen-bond acceptors (Lipinski definition) is 6. The Kier molecular flexibility index (Phi) is 13.0. The van der Waals surface area contributed by atoms with Gasteiger partial charge in [0.2, 0.25) is 10.2 Å². The van der Waals surface area contributed by atoms with Crippen LogP contribution in [0.15, 0.2) is 16.5 Å². The third-order valence-corrected chi connectivity index (χ3v) is 7.16. The third-order valence-electron chi connectivity index (χ3n) is 4.81. The van der Waals surface area contributed by atoms with Crippen LogP contribution in [0, 0.1) is 0 Å². The Morgan fingerprint density at radius 3 is 2.03 bits per heavy atom. The average molecular weight is 445 g/mol. The molecule has 1 rings (SSSR count). The number of nitrogens with zero attached hydrogens (tertiary/aromatic N) is 2.